The van der Waals surface area contributed by atoms with E-state index in [-0.39, 0.29) is 11.6 Å². The summed E-state index contributed by atoms with van der Waals surface area (Å²) in [7, 11) is 0. The average molecular weight is 355 g/mol. The van der Waals surface area contributed by atoms with Crippen LogP contribution in [-0.2, 0) is 0 Å². The molecule has 3 rings (SSSR count). The van der Waals surface area contributed by atoms with Crippen LogP contribution in [0.2, 0.25) is 0 Å². The zero-order chi connectivity index (χ0) is 17.3. The Morgan fingerprint density at radius 1 is 0.917 bits per heavy atom. The third-order valence-electron chi connectivity index (χ3n) is 4.13. The van der Waals surface area contributed by atoms with Crippen LogP contribution in [-0.4, -0.2) is 33.9 Å². The molecule has 0 saturated carbocycles. The summed E-state index contributed by atoms with van der Waals surface area (Å²) < 4.78 is 0.715. The number of hydrogen-bond donors (Lipinski definition) is 0. The van der Waals surface area contributed by atoms with Gasteiger partial charge < -0.3 is 4.90 Å². The molecule has 3 nitrogen and oxygen atoms in total. The second-order valence-electron chi connectivity index (χ2n) is 5.42. The molecule has 0 amide bonds. The van der Waals surface area contributed by atoms with Crippen LogP contribution in [0.15, 0.2) is 47.4 Å². The highest BCUT2D eigenvalue weighted by Gasteiger charge is 2.31. The predicted molar refractivity (Wildman–Crippen MR) is 101 cm³/mol. The van der Waals surface area contributed by atoms with Gasteiger partial charge in [-0.1, -0.05) is 60.4 Å². The van der Waals surface area contributed by atoms with Crippen molar-refractivity contribution < 1.29 is 9.59 Å². The number of thioether (sulfide) groups is 1. The van der Waals surface area contributed by atoms with Crippen molar-refractivity contribution in [1.29, 1.82) is 0 Å². The molecule has 0 atom stereocenters. The van der Waals surface area contributed by atoms with Crippen molar-refractivity contribution in [2.75, 3.05) is 13.1 Å². The molecule has 0 fully saturated rings. The molecule has 122 valence electrons. The first-order valence-corrected chi connectivity index (χ1v) is 9.09. The van der Waals surface area contributed by atoms with E-state index in [1.165, 1.54) is 11.8 Å². The molecular weight excluding hydrogens is 338 g/mol. The summed E-state index contributed by atoms with van der Waals surface area (Å²) in [6.07, 6.45) is 0. The van der Waals surface area contributed by atoms with Gasteiger partial charge in [0.1, 0.15) is 4.32 Å². The normalized spacial score (nSPS) is 12.6. The monoisotopic (exact) mass is 355 g/mol. The summed E-state index contributed by atoms with van der Waals surface area (Å²) >= 11 is 6.88. The van der Waals surface area contributed by atoms with Crippen LogP contribution >= 0.6 is 24.0 Å². The van der Waals surface area contributed by atoms with E-state index >= 15 is 0 Å². The number of ketones is 2. The Kier molecular flexibility index (Phi) is 4.83. The van der Waals surface area contributed by atoms with Crippen molar-refractivity contribution in [2.24, 2.45) is 0 Å². The fourth-order valence-corrected chi connectivity index (χ4v) is 4.39. The smallest absolute Gasteiger partial charge is 0.195 e. The van der Waals surface area contributed by atoms with Crippen molar-refractivity contribution in [2.45, 2.75) is 18.7 Å². The van der Waals surface area contributed by atoms with Crippen LogP contribution in [0.3, 0.4) is 0 Å². The minimum Gasteiger partial charge on any atom is -0.358 e. The SMILES string of the molecule is CCN(CC)C(=S)Sc1cccc2c1C(=O)c1ccccc1C2=O. The largest absolute Gasteiger partial charge is 0.358 e. The first kappa shape index (κ1) is 16.9. The van der Waals surface area contributed by atoms with E-state index in [0.29, 0.717) is 26.6 Å². The fraction of sp³-hybridized carbons (Fsp3) is 0.211. The van der Waals surface area contributed by atoms with Gasteiger partial charge in [0.15, 0.2) is 11.6 Å². The van der Waals surface area contributed by atoms with Gasteiger partial charge in [0.25, 0.3) is 0 Å². The van der Waals surface area contributed by atoms with Crippen molar-refractivity contribution >= 4 is 39.9 Å². The van der Waals surface area contributed by atoms with Gasteiger partial charge in [0, 0.05) is 40.2 Å². The number of carbonyl (C=O) groups excluding carboxylic acids is 2. The maximum absolute atomic E-state index is 12.9. The van der Waals surface area contributed by atoms with Crippen LogP contribution in [0.5, 0.6) is 0 Å². The molecule has 0 spiro atoms. The van der Waals surface area contributed by atoms with Crippen LogP contribution < -0.4 is 0 Å². The number of carbonyl (C=O) groups is 2. The van der Waals surface area contributed by atoms with Crippen LogP contribution in [0.1, 0.15) is 45.7 Å². The molecule has 0 radical (unpaired) electrons. The topological polar surface area (TPSA) is 37.4 Å². The maximum Gasteiger partial charge on any atom is 0.195 e. The summed E-state index contributed by atoms with van der Waals surface area (Å²) in [4.78, 5) is 28.5. The summed E-state index contributed by atoms with van der Waals surface area (Å²) in [6.45, 7) is 5.71. The highest BCUT2D eigenvalue weighted by atomic mass is 32.2. The maximum atomic E-state index is 12.9. The van der Waals surface area contributed by atoms with E-state index in [1.54, 1.807) is 30.3 Å². The molecule has 0 unspecified atom stereocenters. The lowest BCUT2D eigenvalue weighted by Gasteiger charge is -2.23. The third kappa shape index (κ3) is 2.78. The van der Waals surface area contributed by atoms with Crippen molar-refractivity contribution in [1.82, 2.24) is 4.90 Å². The Balaban J connectivity index is 2.06. The molecule has 0 bridgehead atoms. The van der Waals surface area contributed by atoms with Gasteiger partial charge in [-0.25, -0.2) is 0 Å². The minimum atomic E-state index is -0.106. The van der Waals surface area contributed by atoms with Gasteiger partial charge in [-0.15, -0.1) is 0 Å². The van der Waals surface area contributed by atoms with Crippen LogP contribution in [0.25, 0.3) is 0 Å². The Bertz CT molecular complexity index is 841. The minimum absolute atomic E-state index is 0.101. The molecule has 0 N–H and O–H groups in total. The standard InChI is InChI=1S/C19H17NO2S2/c1-3-20(4-2)19(23)24-15-11-7-10-14-16(15)18(22)13-9-6-5-8-12(13)17(14)21/h5-11H,3-4H2,1-2H3. The third-order valence-corrected chi connectivity index (χ3v) is 5.63. The van der Waals surface area contributed by atoms with E-state index in [0.717, 1.165) is 18.0 Å². The summed E-state index contributed by atoms with van der Waals surface area (Å²) in [5, 5.41) is 0. The van der Waals surface area contributed by atoms with E-state index < -0.39 is 0 Å². The molecule has 2 aromatic rings. The summed E-state index contributed by atoms with van der Waals surface area (Å²) in [5.41, 5.74) is 1.88. The van der Waals surface area contributed by atoms with Crippen molar-refractivity contribution in [3.8, 4) is 0 Å². The van der Waals surface area contributed by atoms with E-state index in [1.807, 2.05) is 26.0 Å². The van der Waals surface area contributed by atoms with Gasteiger partial charge in [-0.05, 0) is 19.9 Å². The van der Waals surface area contributed by atoms with Gasteiger partial charge in [-0.2, -0.15) is 0 Å². The molecule has 0 aliphatic heterocycles. The van der Waals surface area contributed by atoms with Crippen molar-refractivity contribution in [3.05, 3.63) is 64.7 Å². The second-order valence-corrected chi connectivity index (χ2v) is 7.10. The van der Waals surface area contributed by atoms with Crippen molar-refractivity contribution in [3.63, 3.8) is 0 Å². The zero-order valence-corrected chi connectivity index (χ0v) is 15.2. The molecule has 0 saturated heterocycles. The van der Waals surface area contributed by atoms with E-state index in [9.17, 15) is 9.59 Å². The molecule has 2 aromatic carbocycles. The number of thiocarbonyl (C=S) groups is 1. The average Bonchev–Trinajstić information content (AvgIpc) is 2.60. The van der Waals surface area contributed by atoms with Crippen LogP contribution in [0.4, 0.5) is 0 Å². The van der Waals surface area contributed by atoms with Gasteiger partial charge in [0.05, 0.1) is 0 Å². The highest BCUT2D eigenvalue weighted by molar-refractivity contribution is 8.23. The first-order valence-electron chi connectivity index (χ1n) is 7.86. The molecule has 0 aromatic heterocycles. The van der Waals surface area contributed by atoms with Crippen LogP contribution in [0, 0.1) is 0 Å². The fourth-order valence-electron chi connectivity index (χ4n) is 2.84. The van der Waals surface area contributed by atoms with E-state index in [2.05, 4.69) is 4.90 Å². The lowest BCUT2D eigenvalue weighted by atomic mass is 9.84. The van der Waals surface area contributed by atoms with E-state index in [4.69, 9.17) is 12.2 Å². The molecule has 5 heteroatoms. The molecule has 1 aliphatic rings. The summed E-state index contributed by atoms with van der Waals surface area (Å²) in [6, 6.07) is 12.4. The molecular formula is C19H17NO2S2. The zero-order valence-electron chi connectivity index (χ0n) is 13.5. The number of fused-ring (bicyclic) bond motifs is 2. The molecule has 1 aliphatic carbocycles. The lowest BCUT2D eigenvalue weighted by Crippen LogP contribution is -2.27. The molecule has 0 heterocycles. The Hall–Kier alpha value is -1.98. The second kappa shape index (κ2) is 6.87. The quantitative estimate of drug-likeness (QED) is 0.520. The highest BCUT2D eigenvalue weighted by Crippen LogP contribution is 2.34. The number of hydrogen-bond acceptors (Lipinski definition) is 4. The van der Waals surface area contributed by atoms with Gasteiger partial charge >= 0.3 is 0 Å². The predicted octanol–water partition coefficient (Wildman–Crippen LogP) is 4.18. The Morgan fingerprint density at radius 2 is 1.50 bits per heavy atom. The lowest BCUT2D eigenvalue weighted by molar-refractivity contribution is 0.0977. The van der Waals surface area contributed by atoms with Gasteiger partial charge in [-0.3, -0.25) is 9.59 Å². The number of rotatable bonds is 3. The number of nitrogens with zero attached hydrogens (tertiary/aromatic N) is 1. The Morgan fingerprint density at radius 3 is 2.12 bits per heavy atom. The summed E-state index contributed by atoms with van der Waals surface area (Å²) in [5.74, 6) is -0.206. The number of benzene rings is 2. The van der Waals surface area contributed by atoms with Gasteiger partial charge in [0.2, 0.25) is 0 Å². The Labute approximate surface area is 151 Å². The molecule has 24 heavy (non-hydrogen) atoms. The first-order chi connectivity index (χ1) is 11.6.